The third-order valence-electron chi connectivity index (χ3n) is 3.68. The molecule has 0 atom stereocenters. The van der Waals surface area contributed by atoms with Crippen molar-refractivity contribution in [2.24, 2.45) is 0 Å². The van der Waals surface area contributed by atoms with E-state index < -0.39 is 0 Å². The van der Waals surface area contributed by atoms with Crippen molar-refractivity contribution < 1.29 is 9.32 Å². The molecular weight excluding hydrogens is 268 g/mol. The van der Waals surface area contributed by atoms with Crippen LogP contribution in [0.1, 0.15) is 27.4 Å². The van der Waals surface area contributed by atoms with Gasteiger partial charge in [-0.15, -0.1) is 0 Å². The van der Waals surface area contributed by atoms with E-state index in [9.17, 15) is 4.79 Å². The first-order chi connectivity index (χ1) is 10.2. The average molecular weight is 280 g/mol. The molecule has 3 aromatic rings. The van der Waals surface area contributed by atoms with Crippen molar-refractivity contribution >= 4 is 16.9 Å². The van der Waals surface area contributed by atoms with Crippen LogP contribution in [0.4, 0.5) is 0 Å². The van der Waals surface area contributed by atoms with Crippen LogP contribution in [0, 0.1) is 6.92 Å². The number of aryl methyl sites for hydroxylation is 1. The maximum absolute atomic E-state index is 12.6. The lowest BCUT2D eigenvalue weighted by Gasteiger charge is -2.12. The first kappa shape index (κ1) is 12.0. The molecule has 0 aliphatic carbocycles. The lowest BCUT2D eigenvalue weighted by atomic mass is 10.2. The predicted molar refractivity (Wildman–Crippen MR) is 74.4 cm³/mol. The number of hydrogen-bond acceptors (Lipinski definition) is 5. The van der Waals surface area contributed by atoms with Crippen molar-refractivity contribution in [1.29, 1.82) is 0 Å². The Kier molecular flexibility index (Phi) is 2.50. The van der Waals surface area contributed by atoms with E-state index in [-0.39, 0.29) is 11.7 Å². The minimum absolute atomic E-state index is 0.167. The van der Waals surface area contributed by atoms with E-state index in [1.165, 1.54) is 0 Å². The van der Waals surface area contributed by atoms with Crippen molar-refractivity contribution in [3.05, 3.63) is 53.2 Å². The second-order valence-corrected chi connectivity index (χ2v) is 5.14. The summed E-state index contributed by atoms with van der Waals surface area (Å²) in [6, 6.07) is 5.58. The Morgan fingerprint density at radius 1 is 1.29 bits per heavy atom. The molecule has 4 rings (SSSR count). The van der Waals surface area contributed by atoms with Gasteiger partial charge >= 0.3 is 0 Å². The Morgan fingerprint density at radius 3 is 3.05 bits per heavy atom. The van der Waals surface area contributed by atoms with Crippen LogP contribution in [0.2, 0.25) is 0 Å². The molecule has 0 radical (unpaired) electrons. The summed E-state index contributed by atoms with van der Waals surface area (Å²) >= 11 is 0. The van der Waals surface area contributed by atoms with Crippen molar-refractivity contribution in [2.75, 3.05) is 0 Å². The smallest absolute Gasteiger partial charge is 0.293 e. The lowest BCUT2D eigenvalue weighted by Crippen LogP contribution is -2.25. The minimum atomic E-state index is -0.167. The average Bonchev–Trinajstić information content (AvgIpc) is 3.09. The van der Waals surface area contributed by atoms with E-state index in [4.69, 9.17) is 4.52 Å². The van der Waals surface area contributed by atoms with Gasteiger partial charge in [0.25, 0.3) is 5.91 Å². The standard InChI is InChI=1S/C15H12N4O2/c1-9-5-10-7-19(8-11(10)6-17-9)15(20)13-12-3-2-4-16-14(12)18-21-13/h2-6H,7-8H2,1H3. The fourth-order valence-electron chi connectivity index (χ4n) is 2.63. The highest BCUT2D eigenvalue weighted by molar-refractivity contribution is 6.02. The summed E-state index contributed by atoms with van der Waals surface area (Å²) in [5.41, 5.74) is 3.63. The first-order valence-electron chi connectivity index (χ1n) is 6.66. The van der Waals surface area contributed by atoms with Crippen molar-refractivity contribution in [3.8, 4) is 0 Å². The van der Waals surface area contributed by atoms with E-state index >= 15 is 0 Å². The van der Waals surface area contributed by atoms with Gasteiger partial charge in [0.05, 0.1) is 5.39 Å². The molecule has 21 heavy (non-hydrogen) atoms. The highest BCUT2D eigenvalue weighted by Crippen LogP contribution is 2.26. The van der Waals surface area contributed by atoms with Crippen LogP contribution >= 0.6 is 0 Å². The van der Waals surface area contributed by atoms with E-state index in [1.807, 2.05) is 19.2 Å². The largest absolute Gasteiger partial charge is 0.348 e. The Morgan fingerprint density at radius 2 is 2.14 bits per heavy atom. The molecule has 0 saturated heterocycles. The molecule has 1 amide bonds. The van der Waals surface area contributed by atoms with Gasteiger partial charge in [0, 0.05) is 31.2 Å². The van der Waals surface area contributed by atoms with Crippen LogP contribution in [0.3, 0.4) is 0 Å². The van der Waals surface area contributed by atoms with Gasteiger partial charge in [0.2, 0.25) is 11.4 Å². The van der Waals surface area contributed by atoms with Crippen LogP contribution in [0.5, 0.6) is 0 Å². The second kappa shape index (κ2) is 4.37. The number of hydrogen-bond donors (Lipinski definition) is 0. The minimum Gasteiger partial charge on any atom is -0.348 e. The maximum atomic E-state index is 12.6. The second-order valence-electron chi connectivity index (χ2n) is 5.14. The molecule has 6 heteroatoms. The summed E-state index contributed by atoms with van der Waals surface area (Å²) in [6.45, 7) is 3.06. The van der Waals surface area contributed by atoms with Crippen LogP contribution in [-0.4, -0.2) is 25.9 Å². The quantitative estimate of drug-likeness (QED) is 0.682. The van der Waals surface area contributed by atoms with Gasteiger partial charge in [-0.25, -0.2) is 4.98 Å². The Balaban J connectivity index is 1.68. The summed E-state index contributed by atoms with van der Waals surface area (Å²) in [5.74, 6) is 0.0786. The van der Waals surface area contributed by atoms with Gasteiger partial charge in [-0.05, 0) is 36.2 Å². The number of aromatic nitrogens is 3. The predicted octanol–water partition coefficient (Wildman–Crippen LogP) is 2.08. The SMILES string of the molecule is Cc1cc2c(cn1)CN(C(=O)c1onc3ncccc13)C2. The molecule has 3 aromatic heterocycles. The van der Waals surface area contributed by atoms with Crippen molar-refractivity contribution in [1.82, 2.24) is 20.0 Å². The third kappa shape index (κ3) is 1.87. The number of nitrogens with zero attached hydrogens (tertiary/aromatic N) is 4. The fourth-order valence-corrected chi connectivity index (χ4v) is 2.63. The Bertz CT molecular complexity index is 856. The fraction of sp³-hybridized carbons (Fsp3) is 0.200. The van der Waals surface area contributed by atoms with Gasteiger partial charge in [0.1, 0.15) is 0 Å². The molecule has 104 valence electrons. The number of rotatable bonds is 1. The van der Waals surface area contributed by atoms with Gasteiger partial charge in [0.15, 0.2) is 0 Å². The Hall–Kier alpha value is -2.76. The van der Waals surface area contributed by atoms with Gasteiger partial charge < -0.3 is 9.42 Å². The summed E-state index contributed by atoms with van der Waals surface area (Å²) in [7, 11) is 0. The zero-order valence-corrected chi connectivity index (χ0v) is 11.4. The monoisotopic (exact) mass is 280 g/mol. The van der Waals surface area contributed by atoms with Crippen LogP contribution in [0.15, 0.2) is 35.1 Å². The third-order valence-corrected chi connectivity index (χ3v) is 3.68. The summed E-state index contributed by atoms with van der Waals surface area (Å²) < 4.78 is 5.19. The summed E-state index contributed by atoms with van der Waals surface area (Å²) in [6.07, 6.45) is 3.46. The molecule has 6 nitrogen and oxygen atoms in total. The molecule has 0 spiro atoms. The number of pyridine rings is 2. The van der Waals surface area contributed by atoms with Gasteiger partial charge in [-0.2, -0.15) is 0 Å². The topological polar surface area (TPSA) is 72.1 Å². The zero-order chi connectivity index (χ0) is 14.4. The number of carbonyl (C=O) groups is 1. The highest BCUT2D eigenvalue weighted by atomic mass is 16.5. The van der Waals surface area contributed by atoms with Crippen molar-refractivity contribution in [3.63, 3.8) is 0 Å². The van der Waals surface area contributed by atoms with Crippen LogP contribution in [0.25, 0.3) is 11.0 Å². The number of fused-ring (bicyclic) bond motifs is 2. The molecule has 0 fully saturated rings. The molecular formula is C15H12N4O2. The molecule has 0 bridgehead atoms. The van der Waals surface area contributed by atoms with Crippen LogP contribution < -0.4 is 0 Å². The molecule has 0 saturated carbocycles. The first-order valence-corrected chi connectivity index (χ1v) is 6.66. The highest BCUT2D eigenvalue weighted by Gasteiger charge is 2.28. The molecule has 0 unspecified atom stereocenters. The summed E-state index contributed by atoms with van der Waals surface area (Å²) in [4.78, 5) is 22.7. The van der Waals surface area contributed by atoms with Crippen LogP contribution in [-0.2, 0) is 13.1 Å². The lowest BCUT2D eigenvalue weighted by molar-refractivity contribution is 0.0712. The van der Waals surface area contributed by atoms with E-state index in [1.54, 1.807) is 23.2 Å². The molecule has 0 N–H and O–H groups in total. The Labute approximate surface area is 120 Å². The van der Waals surface area contributed by atoms with E-state index in [2.05, 4.69) is 15.1 Å². The van der Waals surface area contributed by atoms with Gasteiger partial charge in [-0.3, -0.25) is 9.78 Å². The molecule has 4 heterocycles. The molecule has 1 aliphatic heterocycles. The van der Waals surface area contributed by atoms with E-state index in [0.29, 0.717) is 24.1 Å². The normalized spacial score (nSPS) is 13.7. The van der Waals surface area contributed by atoms with Gasteiger partial charge in [-0.1, -0.05) is 5.16 Å². The van der Waals surface area contributed by atoms with Crippen molar-refractivity contribution in [2.45, 2.75) is 20.0 Å². The number of carbonyl (C=O) groups excluding carboxylic acids is 1. The summed E-state index contributed by atoms with van der Waals surface area (Å²) in [5, 5.41) is 4.47. The number of amides is 1. The molecule has 0 aromatic carbocycles. The zero-order valence-electron chi connectivity index (χ0n) is 11.4. The molecule has 1 aliphatic rings. The maximum Gasteiger partial charge on any atom is 0.293 e. The van der Waals surface area contributed by atoms with E-state index in [0.717, 1.165) is 16.8 Å².